The molecule has 10 heteroatoms. The van der Waals surface area contributed by atoms with E-state index in [4.69, 9.17) is 18.9 Å². The topological polar surface area (TPSA) is 107 Å². The molecular weight excluding hydrogens is 530 g/mol. The van der Waals surface area contributed by atoms with Crippen molar-refractivity contribution in [2.24, 2.45) is 5.10 Å². The molecule has 0 saturated carbocycles. The Morgan fingerprint density at radius 2 is 1.64 bits per heavy atom. The largest absolute Gasteiger partial charge is 0.493 e. The fourth-order valence-electron chi connectivity index (χ4n) is 3.14. The van der Waals surface area contributed by atoms with Crippen molar-refractivity contribution in [3.05, 3.63) is 81.8 Å². The monoisotopic (exact) mass is 555 g/mol. The van der Waals surface area contributed by atoms with Crippen LogP contribution in [0.2, 0.25) is 0 Å². The number of nitrogens with one attached hydrogen (secondary N) is 2. The number of hydrogen-bond acceptors (Lipinski definition) is 7. The summed E-state index contributed by atoms with van der Waals surface area (Å²) in [6, 6.07) is 18.0. The minimum absolute atomic E-state index is 0.260. The van der Waals surface area contributed by atoms with Crippen LogP contribution < -0.4 is 29.7 Å². The average molecular weight is 556 g/mol. The van der Waals surface area contributed by atoms with Crippen molar-refractivity contribution < 1.29 is 28.5 Å². The van der Waals surface area contributed by atoms with E-state index >= 15 is 0 Å². The van der Waals surface area contributed by atoms with Crippen molar-refractivity contribution in [3.63, 3.8) is 0 Å². The highest BCUT2D eigenvalue weighted by Crippen LogP contribution is 2.36. The van der Waals surface area contributed by atoms with Gasteiger partial charge in [0.25, 0.3) is 11.8 Å². The Bertz CT molecular complexity index is 1230. The number of carbonyl (C=O) groups is 2. The van der Waals surface area contributed by atoms with Gasteiger partial charge in [0.2, 0.25) is 0 Å². The standard InChI is InChI=1S/C26H26BrN3O6/c1-33-21-10-9-19(13-22(21)34-2)26(32)28-15-24(31)30-29-14-18-11-20(27)25(23(12-18)35-3)36-16-17-7-5-4-6-8-17/h4-14H,15-16H2,1-3H3,(H,28,32)(H,30,31). The van der Waals surface area contributed by atoms with E-state index in [1.54, 1.807) is 31.4 Å². The summed E-state index contributed by atoms with van der Waals surface area (Å²) in [5.74, 6) is 1.05. The van der Waals surface area contributed by atoms with Gasteiger partial charge in [-0.05, 0) is 57.4 Å². The van der Waals surface area contributed by atoms with Gasteiger partial charge in [-0.25, -0.2) is 5.43 Å². The van der Waals surface area contributed by atoms with Gasteiger partial charge in [-0.2, -0.15) is 5.10 Å². The maximum Gasteiger partial charge on any atom is 0.259 e. The third kappa shape index (κ3) is 7.22. The molecule has 0 saturated heterocycles. The maximum atomic E-state index is 12.3. The average Bonchev–Trinajstić information content (AvgIpc) is 2.90. The zero-order valence-electron chi connectivity index (χ0n) is 20.0. The summed E-state index contributed by atoms with van der Waals surface area (Å²) in [7, 11) is 4.52. The van der Waals surface area contributed by atoms with E-state index < -0.39 is 11.8 Å². The first-order chi connectivity index (χ1) is 17.4. The van der Waals surface area contributed by atoms with Gasteiger partial charge in [0, 0.05) is 5.56 Å². The van der Waals surface area contributed by atoms with Crippen LogP contribution in [0.1, 0.15) is 21.5 Å². The summed E-state index contributed by atoms with van der Waals surface area (Å²) in [6.07, 6.45) is 1.46. The minimum Gasteiger partial charge on any atom is -0.493 e. The first kappa shape index (κ1) is 26.6. The molecule has 188 valence electrons. The van der Waals surface area contributed by atoms with E-state index in [2.05, 4.69) is 31.8 Å². The molecule has 0 aromatic heterocycles. The Balaban J connectivity index is 1.55. The fourth-order valence-corrected chi connectivity index (χ4v) is 3.72. The molecule has 3 rings (SSSR count). The Labute approximate surface area is 217 Å². The highest BCUT2D eigenvalue weighted by atomic mass is 79.9. The number of methoxy groups -OCH3 is 3. The van der Waals surface area contributed by atoms with Gasteiger partial charge in [0.1, 0.15) is 6.61 Å². The summed E-state index contributed by atoms with van der Waals surface area (Å²) in [5, 5.41) is 6.49. The highest BCUT2D eigenvalue weighted by Gasteiger charge is 2.13. The summed E-state index contributed by atoms with van der Waals surface area (Å²) in [5.41, 5.74) is 4.40. The van der Waals surface area contributed by atoms with E-state index in [1.165, 1.54) is 26.5 Å². The van der Waals surface area contributed by atoms with Gasteiger partial charge in [-0.3, -0.25) is 9.59 Å². The van der Waals surface area contributed by atoms with Crippen molar-refractivity contribution in [1.82, 2.24) is 10.7 Å². The molecule has 9 nitrogen and oxygen atoms in total. The zero-order chi connectivity index (χ0) is 25.9. The Kier molecular flexibility index (Phi) is 9.70. The van der Waals surface area contributed by atoms with Crippen molar-refractivity contribution >= 4 is 34.0 Å². The van der Waals surface area contributed by atoms with Crippen molar-refractivity contribution in [3.8, 4) is 23.0 Å². The van der Waals surface area contributed by atoms with Crippen LogP contribution in [0.4, 0.5) is 0 Å². The lowest BCUT2D eigenvalue weighted by molar-refractivity contribution is -0.120. The maximum absolute atomic E-state index is 12.3. The molecule has 2 amide bonds. The van der Waals surface area contributed by atoms with Crippen molar-refractivity contribution in [1.29, 1.82) is 0 Å². The number of nitrogens with zero attached hydrogens (tertiary/aromatic N) is 1. The molecule has 0 aliphatic rings. The smallest absolute Gasteiger partial charge is 0.259 e. The SMILES string of the molecule is COc1ccc(C(=O)NCC(=O)NN=Cc2cc(Br)c(OCc3ccccc3)c(OC)c2)cc1OC. The van der Waals surface area contributed by atoms with Gasteiger partial charge < -0.3 is 24.3 Å². The number of rotatable bonds is 11. The molecule has 0 spiro atoms. The number of hydrogen-bond donors (Lipinski definition) is 2. The van der Waals surface area contributed by atoms with Crippen LogP contribution in [0.25, 0.3) is 0 Å². The van der Waals surface area contributed by atoms with E-state index in [9.17, 15) is 9.59 Å². The summed E-state index contributed by atoms with van der Waals surface area (Å²) in [6.45, 7) is 0.123. The molecule has 3 aromatic carbocycles. The minimum atomic E-state index is -0.492. The number of halogens is 1. The molecule has 0 fully saturated rings. The van der Waals surface area contributed by atoms with Crippen LogP contribution in [0.3, 0.4) is 0 Å². The summed E-state index contributed by atoms with van der Waals surface area (Å²) in [4.78, 5) is 24.5. The van der Waals surface area contributed by atoms with Crippen LogP contribution in [-0.2, 0) is 11.4 Å². The molecule has 3 aromatic rings. The number of hydrazone groups is 1. The van der Waals surface area contributed by atoms with E-state index in [0.29, 0.717) is 45.2 Å². The van der Waals surface area contributed by atoms with Crippen molar-refractivity contribution in [2.45, 2.75) is 6.61 Å². The quantitative estimate of drug-likeness (QED) is 0.274. The molecule has 2 N–H and O–H groups in total. The molecule has 0 aliphatic heterocycles. The zero-order valence-corrected chi connectivity index (χ0v) is 21.6. The van der Waals surface area contributed by atoms with E-state index in [0.717, 1.165) is 5.56 Å². The molecule has 0 atom stereocenters. The highest BCUT2D eigenvalue weighted by molar-refractivity contribution is 9.10. The second-order valence-electron chi connectivity index (χ2n) is 7.35. The predicted octanol–water partition coefficient (Wildman–Crippen LogP) is 3.93. The molecule has 0 unspecified atom stereocenters. The molecule has 0 heterocycles. The normalized spacial score (nSPS) is 10.6. The molecule has 36 heavy (non-hydrogen) atoms. The van der Waals surface area contributed by atoms with Gasteiger partial charge in [-0.1, -0.05) is 30.3 Å². The first-order valence-corrected chi connectivity index (χ1v) is 11.6. The second kappa shape index (κ2) is 13.1. The van der Waals surface area contributed by atoms with Crippen molar-refractivity contribution in [2.75, 3.05) is 27.9 Å². The van der Waals surface area contributed by atoms with Crippen LogP contribution in [0.5, 0.6) is 23.0 Å². The lowest BCUT2D eigenvalue weighted by Gasteiger charge is -2.13. The third-order valence-corrected chi connectivity index (χ3v) is 5.52. The fraction of sp³-hybridized carbons (Fsp3) is 0.192. The predicted molar refractivity (Wildman–Crippen MR) is 139 cm³/mol. The number of amides is 2. The number of ether oxygens (including phenoxy) is 4. The van der Waals surface area contributed by atoms with Crippen LogP contribution in [0.15, 0.2) is 70.2 Å². The Morgan fingerprint density at radius 1 is 0.917 bits per heavy atom. The van der Waals surface area contributed by atoms with E-state index in [1.807, 2.05) is 30.3 Å². The third-order valence-electron chi connectivity index (χ3n) is 4.94. The van der Waals surface area contributed by atoms with Crippen LogP contribution >= 0.6 is 15.9 Å². The second-order valence-corrected chi connectivity index (χ2v) is 8.21. The van der Waals surface area contributed by atoms with Crippen LogP contribution in [-0.4, -0.2) is 45.9 Å². The molecular formula is C26H26BrN3O6. The van der Waals surface area contributed by atoms with E-state index in [-0.39, 0.29) is 6.54 Å². The summed E-state index contributed by atoms with van der Waals surface area (Å²) < 4.78 is 22.4. The van der Waals surface area contributed by atoms with Gasteiger partial charge in [-0.15, -0.1) is 0 Å². The Hall–Kier alpha value is -4.05. The van der Waals surface area contributed by atoms with Gasteiger partial charge in [0.05, 0.1) is 38.6 Å². The number of benzene rings is 3. The lowest BCUT2D eigenvalue weighted by atomic mass is 10.2. The van der Waals surface area contributed by atoms with Gasteiger partial charge in [0.15, 0.2) is 23.0 Å². The molecule has 0 bridgehead atoms. The molecule has 0 aliphatic carbocycles. The van der Waals surface area contributed by atoms with Gasteiger partial charge >= 0.3 is 0 Å². The Morgan fingerprint density at radius 3 is 2.33 bits per heavy atom. The number of carbonyl (C=O) groups excluding carboxylic acids is 2. The lowest BCUT2D eigenvalue weighted by Crippen LogP contribution is -2.34. The first-order valence-electron chi connectivity index (χ1n) is 10.8. The summed E-state index contributed by atoms with van der Waals surface area (Å²) >= 11 is 3.50. The van der Waals surface area contributed by atoms with Crippen LogP contribution in [0, 0.1) is 0 Å². The molecule has 0 radical (unpaired) electrons.